The largest absolute Gasteiger partial charge is 0.495 e. The fraction of sp³-hybridized carbons (Fsp3) is 0.200. The Hall–Kier alpha value is -2.24. The van der Waals surface area contributed by atoms with Gasteiger partial charge in [0, 0.05) is 10.3 Å². The molecule has 0 fully saturated rings. The van der Waals surface area contributed by atoms with Crippen molar-refractivity contribution >= 4 is 46.4 Å². The van der Waals surface area contributed by atoms with Crippen molar-refractivity contribution in [3.05, 3.63) is 64.0 Å². The Kier molecular flexibility index (Phi) is 5.39. The molecule has 1 aliphatic heterocycles. The first kappa shape index (κ1) is 18.5. The number of hydrogen-bond acceptors (Lipinski definition) is 4. The van der Waals surface area contributed by atoms with Gasteiger partial charge in [-0.2, -0.15) is 0 Å². The van der Waals surface area contributed by atoms with Gasteiger partial charge in [-0.15, -0.1) is 11.8 Å². The van der Waals surface area contributed by atoms with Crippen molar-refractivity contribution < 1.29 is 14.3 Å². The number of thioether (sulfide) groups is 1. The molecule has 1 heterocycles. The van der Waals surface area contributed by atoms with Crippen LogP contribution in [-0.2, 0) is 9.59 Å². The molecule has 4 nitrogen and oxygen atoms in total. The molecule has 2 amide bonds. The summed E-state index contributed by atoms with van der Waals surface area (Å²) in [4.78, 5) is 28.0. The lowest BCUT2D eigenvalue weighted by molar-refractivity contribution is -0.119. The Labute approximate surface area is 161 Å². The average molecular weight is 388 g/mol. The summed E-state index contributed by atoms with van der Waals surface area (Å²) in [7, 11) is 1.49. The Bertz CT molecular complexity index is 893. The highest BCUT2D eigenvalue weighted by Crippen LogP contribution is 2.42. The second-order valence-corrected chi connectivity index (χ2v) is 8.02. The molecule has 3 rings (SSSR count). The van der Waals surface area contributed by atoms with Crippen LogP contribution in [0.15, 0.2) is 53.4 Å². The number of rotatable bonds is 5. The fourth-order valence-corrected chi connectivity index (χ4v) is 3.92. The van der Waals surface area contributed by atoms with Crippen LogP contribution in [-0.4, -0.2) is 24.2 Å². The lowest BCUT2D eigenvalue weighted by Gasteiger charge is -2.18. The number of anilines is 1. The van der Waals surface area contributed by atoms with Crippen molar-refractivity contribution in [2.75, 3.05) is 12.0 Å². The van der Waals surface area contributed by atoms with Crippen LogP contribution >= 0.6 is 23.4 Å². The van der Waals surface area contributed by atoms with Crippen molar-refractivity contribution in [1.82, 2.24) is 0 Å². The Morgan fingerprint density at radius 3 is 2.35 bits per heavy atom. The van der Waals surface area contributed by atoms with Crippen LogP contribution in [0.2, 0.25) is 5.02 Å². The molecule has 0 aliphatic carbocycles. The molecule has 6 heteroatoms. The van der Waals surface area contributed by atoms with Crippen LogP contribution in [0.3, 0.4) is 0 Å². The number of methoxy groups -OCH3 is 1. The molecule has 0 atom stereocenters. The van der Waals surface area contributed by atoms with E-state index in [4.69, 9.17) is 16.3 Å². The van der Waals surface area contributed by atoms with E-state index >= 15 is 0 Å². The summed E-state index contributed by atoms with van der Waals surface area (Å²) < 4.78 is 5.34. The third-order valence-electron chi connectivity index (χ3n) is 3.84. The predicted octanol–water partition coefficient (Wildman–Crippen LogP) is 4.77. The van der Waals surface area contributed by atoms with Crippen LogP contribution in [0.25, 0.3) is 5.57 Å². The zero-order valence-electron chi connectivity index (χ0n) is 14.7. The molecule has 0 bridgehead atoms. The van der Waals surface area contributed by atoms with Gasteiger partial charge < -0.3 is 4.74 Å². The predicted molar refractivity (Wildman–Crippen MR) is 107 cm³/mol. The monoisotopic (exact) mass is 387 g/mol. The lowest BCUT2D eigenvalue weighted by Crippen LogP contribution is -2.31. The van der Waals surface area contributed by atoms with Crippen LogP contribution in [0.1, 0.15) is 19.4 Å². The van der Waals surface area contributed by atoms with Gasteiger partial charge in [-0.3, -0.25) is 9.59 Å². The minimum absolute atomic E-state index is 0.154. The third kappa shape index (κ3) is 3.37. The molecule has 0 saturated heterocycles. The van der Waals surface area contributed by atoms with E-state index in [-0.39, 0.29) is 17.1 Å². The Balaban J connectivity index is 2.15. The summed E-state index contributed by atoms with van der Waals surface area (Å²) >= 11 is 7.48. The van der Waals surface area contributed by atoms with Crippen LogP contribution in [0.4, 0.5) is 5.69 Å². The van der Waals surface area contributed by atoms with E-state index in [0.717, 1.165) is 10.5 Å². The van der Waals surface area contributed by atoms with Gasteiger partial charge >= 0.3 is 0 Å². The second-order valence-electron chi connectivity index (χ2n) is 6.00. The summed E-state index contributed by atoms with van der Waals surface area (Å²) in [5.41, 5.74) is 1.48. The summed E-state index contributed by atoms with van der Waals surface area (Å²) in [6, 6.07) is 14.1. The summed E-state index contributed by atoms with van der Waals surface area (Å²) in [5, 5.41) is 0.578. The lowest BCUT2D eigenvalue weighted by atomic mass is 10.1. The first-order valence-corrected chi connectivity index (χ1v) is 9.38. The van der Waals surface area contributed by atoms with Crippen LogP contribution in [0.5, 0.6) is 5.75 Å². The van der Waals surface area contributed by atoms with Crippen LogP contribution < -0.4 is 9.64 Å². The van der Waals surface area contributed by atoms with Gasteiger partial charge in [-0.25, -0.2) is 4.90 Å². The number of amides is 2. The van der Waals surface area contributed by atoms with E-state index in [0.29, 0.717) is 26.9 Å². The first-order valence-electron chi connectivity index (χ1n) is 8.12. The molecule has 0 spiro atoms. The molecule has 0 saturated carbocycles. The highest BCUT2D eigenvalue weighted by atomic mass is 35.5. The topological polar surface area (TPSA) is 46.6 Å². The minimum atomic E-state index is -0.370. The van der Waals surface area contributed by atoms with E-state index in [1.165, 1.54) is 18.9 Å². The van der Waals surface area contributed by atoms with Crippen molar-refractivity contribution in [1.29, 1.82) is 0 Å². The molecule has 26 heavy (non-hydrogen) atoms. The zero-order chi connectivity index (χ0) is 18.8. The van der Waals surface area contributed by atoms with Gasteiger partial charge in [0.2, 0.25) is 0 Å². The van der Waals surface area contributed by atoms with E-state index in [9.17, 15) is 9.59 Å². The molecule has 0 N–H and O–H groups in total. The summed E-state index contributed by atoms with van der Waals surface area (Å²) in [5.74, 6) is -0.308. The average Bonchev–Trinajstić information content (AvgIpc) is 2.85. The maximum Gasteiger partial charge on any atom is 0.272 e. The molecular weight excluding hydrogens is 370 g/mol. The van der Waals surface area contributed by atoms with Crippen molar-refractivity contribution in [3.63, 3.8) is 0 Å². The Morgan fingerprint density at radius 1 is 1.04 bits per heavy atom. The van der Waals surface area contributed by atoms with Crippen molar-refractivity contribution in [2.24, 2.45) is 0 Å². The minimum Gasteiger partial charge on any atom is -0.495 e. The van der Waals surface area contributed by atoms with Gasteiger partial charge in [0.1, 0.15) is 5.75 Å². The highest BCUT2D eigenvalue weighted by molar-refractivity contribution is 8.04. The van der Waals surface area contributed by atoms with Gasteiger partial charge in [-0.05, 0) is 23.8 Å². The quantitative estimate of drug-likeness (QED) is 0.693. The number of benzene rings is 2. The van der Waals surface area contributed by atoms with Gasteiger partial charge in [0.05, 0.1) is 23.3 Å². The standard InChI is InChI=1S/C20H18ClNO3S/c1-12(2)26-18-17(13-7-5-4-6-8-13)19(23)22(20(18)24)15-11-14(21)9-10-16(15)25-3/h4-12H,1-3H3. The van der Waals surface area contributed by atoms with E-state index in [1.54, 1.807) is 18.2 Å². The summed E-state index contributed by atoms with van der Waals surface area (Å²) in [6.07, 6.45) is 0. The van der Waals surface area contributed by atoms with Gasteiger partial charge in [0.25, 0.3) is 11.8 Å². The van der Waals surface area contributed by atoms with E-state index in [1.807, 2.05) is 44.2 Å². The molecule has 0 aromatic heterocycles. The molecular formula is C20H18ClNO3S. The molecule has 1 aliphatic rings. The number of nitrogens with zero attached hydrogens (tertiary/aromatic N) is 1. The van der Waals surface area contributed by atoms with Crippen molar-refractivity contribution in [2.45, 2.75) is 19.1 Å². The molecule has 2 aromatic rings. The van der Waals surface area contributed by atoms with Gasteiger partial charge in [0.15, 0.2) is 0 Å². The highest BCUT2D eigenvalue weighted by Gasteiger charge is 2.41. The number of hydrogen-bond donors (Lipinski definition) is 0. The number of carbonyl (C=O) groups excluding carboxylic acids is 2. The maximum absolute atomic E-state index is 13.2. The smallest absolute Gasteiger partial charge is 0.272 e. The summed E-state index contributed by atoms with van der Waals surface area (Å²) in [6.45, 7) is 3.97. The third-order valence-corrected chi connectivity index (χ3v) is 5.16. The van der Waals surface area contributed by atoms with Gasteiger partial charge in [-0.1, -0.05) is 55.8 Å². The van der Waals surface area contributed by atoms with Crippen molar-refractivity contribution in [3.8, 4) is 5.75 Å². The first-order chi connectivity index (χ1) is 12.4. The zero-order valence-corrected chi connectivity index (χ0v) is 16.2. The molecule has 0 unspecified atom stereocenters. The van der Waals surface area contributed by atoms with Crippen LogP contribution in [0, 0.1) is 0 Å². The fourth-order valence-electron chi connectivity index (χ4n) is 2.77. The molecule has 0 radical (unpaired) electrons. The SMILES string of the molecule is COc1ccc(Cl)cc1N1C(=O)C(SC(C)C)=C(c2ccccc2)C1=O. The molecule has 2 aromatic carbocycles. The second kappa shape index (κ2) is 7.56. The Morgan fingerprint density at radius 2 is 1.73 bits per heavy atom. The molecule has 134 valence electrons. The van der Waals surface area contributed by atoms with E-state index < -0.39 is 0 Å². The number of ether oxygens (including phenoxy) is 1. The number of halogens is 1. The number of carbonyl (C=O) groups is 2. The maximum atomic E-state index is 13.2. The number of imide groups is 1. The van der Waals surface area contributed by atoms with E-state index in [2.05, 4.69) is 0 Å². The normalized spacial score (nSPS) is 14.6.